The maximum absolute atomic E-state index is 11.0. The molecule has 3 unspecified atom stereocenters. The van der Waals surface area contributed by atoms with Crippen molar-refractivity contribution in [3.63, 3.8) is 0 Å². The molecule has 1 aliphatic carbocycles. The van der Waals surface area contributed by atoms with E-state index in [0.29, 0.717) is 12.0 Å². The molecular weight excluding hydrogens is 180 g/mol. The first-order valence-corrected chi connectivity index (χ1v) is 5.10. The summed E-state index contributed by atoms with van der Waals surface area (Å²) in [5.74, 6) is -1.32. The van der Waals surface area contributed by atoms with Gasteiger partial charge in [0.15, 0.2) is 0 Å². The Kier molecular flexibility index (Phi) is 3.69. The van der Waals surface area contributed by atoms with Crippen molar-refractivity contribution in [1.29, 1.82) is 0 Å². The summed E-state index contributed by atoms with van der Waals surface area (Å²) in [5, 5.41) is 18.8. The van der Waals surface area contributed by atoms with Crippen molar-refractivity contribution in [2.24, 2.45) is 11.8 Å². The number of aliphatic hydroxyl groups excluding tert-OH is 1. The lowest BCUT2D eigenvalue weighted by atomic mass is 9.75. The van der Waals surface area contributed by atoms with E-state index in [1.54, 1.807) is 6.92 Å². The van der Waals surface area contributed by atoms with Gasteiger partial charge in [0, 0.05) is 5.92 Å². The van der Waals surface area contributed by atoms with E-state index in [0.717, 1.165) is 19.3 Å². The highest BCUT2D eigenvalue weighted by Crippen LogP contribution is 2.34. The number of carboxylic acids is 1. The van der Waals surface area contributed by atoms with Gasteiger partial charge in [0.25, 0.3) is 0 Å². The molecule has 1 rings (SSSR count). The highest BCUT2D eigenvalue weighted by atomic mass is 16.4. The van der Waals surface area contributed by atoms with Crippen molar-refractivity contribution < 1.29 is 15.0 Å². The molecule has 14 heavy (non-hydrogen) atoms. The Hall–Kier alpha value is -0.830. The van der Waals surface area contributed by atoms with Crippen LogP contribution in [0.1, 0.15) is 32.6 Å². The molecule has 3 atom stereocenters. The molecule has 3 nitrogen and oxygen atoms in total. The molecule has 80 valence electrons. The van der Waals surface area contributed by atoms with Crippen molar-refractivity contribution in [1.82, 2.24) is 0 Å². The van der Waals surface area contributed by atoms with Gasteiger partial charge in [-0.3, -0.25) is 4.79 Å². The summed E-state index contributed by atoms with van der Waals surface area (Å²) in [5.41, 5.74) is 0.670. The number of aliphatic hydroxyl groups is 1. The van der Waals surface area contributed by atoms with E-state index in [1.165, 1.54) is 0 Å². The molecule has 1 aliphatic rings. The maximum Gasteiger partial charge on any atom is 0.306 e. The fraction of sp³-hybridized carbons (Fsp3) is 0.727. The summed E-state index contributed by atoms with van der Waals surface area (Å²) in [7, 11) is 0. The second kappa shape index (κ2) is 4.60. The summed E-state index contributed by atoms with van der Waals surface area (Å²) >= 11 is 0. The van der Waals surface area contributed by atoms with Crippen LogP contribution in [-0.4, -0.2) is 22.3 Å². The average molecular weight is 198 g/mol. The highest BCUT2D eigenvalue weighted by Gasteiger charge is 2.35. The molecule has 2 N–H and O–H groups in total. The van der Waals surface area contributed by atoms with E-state index in [-0.39, 0.29) is 5.92 Å². The molecule has 0 aromatic carbocycles. The Labute approximate surface area is 84.4 Å². The molecule has 0 aromatic heterocycles. The fourth-order valence-electron chi connectivity index (χ4n) is 2.21. The zero-order valence-corrected chi connectivity index (χ0v) is 8.57. The van der Waals surface area contributed by atoms with Gasteiger partial charge in [-0.2, -0.15) is 0 Å². The van der Waals surface area contributed by atoms with Crippen molar-refractivity contribution in [3.05, 3.63) is 12.2 Å². The zero-order valence-electron chi connectivity index (χ0n) is 8.57. The molecular formula is C11H18O3. The zero-order chi connectivity index (χ0) is 10.7. The van der Waals surface area contributed by atoms with E-state index < -0.39 is 18.0 Å². The minimum absolute atomic E-state index is 0.140. The van der Waals surface area contributed by atoms with Crippen LogP contribution < -0.4 is 0 Å². The van der Waals surface area contributed by atoms with Gasteiger partial charge < -0.3 is 10.2 Å². The quantitative estimate of drug-likeness (QED) is 0.680. The van der Waals surface area contributed by atoms with Gasteiger partial charge in [0.2, 0.25) is 0 Å². The lowest BCUT2D eigenvalue weighted by Gasteiger charge is -2.32. The van der Waals surface area contributed by atoms with Gasteiger partial charge >= 0.3 is 5.97 Å². The van der Waals surface area contributed by atoms with Crippen LogP contribution in [0.15, 0.2) is 12.2 Å². The third-order valence-electron chi connectivity index (χ3n) is 3.05. The molecule has 0 aromatic rings. The molecule has 0 spiro atoms. The summed E-state index contributed by atoms with van der Waals surface area (Å²) in [6.07, 6.45) is 2.79. The lowest BCUT2D eigenvalue weighted by molar-refractivity contribution is -0.146. The topological polar surface area (TPSA) is 57.5 Å². The fourth-order valence-corrected chi connectivity index (χ4v) is 2.21. The largest absolute Gasteiger partial charge is 0.481 e. The third kappa shape index (κ3) is 2.35. The van der Waals surface area contributed by atoms with Crippen LogP contribution in [0, 0.1) is 11.8 Å². The van der Waals surface area contributed by atoms with Gasteiger partial charge in [-0.15, -0.1) is 0 Å². The van der Waals surface area contributed by atoms with Crippen LogP contribution in [0.5, 0.6) is 0 Å². The Balaban J connectivity index is 2.72. The number of aliphatic carboxylic acids is 1. The third-order valence-corrected chi connectivity index (χ3v) is 3.05. The monoisotopic (exact) mass is 198 g/mol. The second-order valence-electron chi connectivity index (χ2n) is 4.18. The minimum Gasteiger partial charge on any atom is -0.481 e. The van der Waals surface area contributed by atoms with E-state index in [2.05, 4.69) is 6.58 Å². The molecule has 1 saturated carbocycles. The Morgan fingerprint density at radius 1 is 1.43 bits per heavy atom. The van der Waals surface area contributed by atoms with Gasteiger partial charge in [0.1, 0.15) is 0 Å². The lowest BCUT2D eigenvalue weighted by Crippen LogP contribution is -2.35. The van der Waals surface area contributed by atoms with Gasteiger partial charge in [0.05, 0.1) is 12.0 Å². The second-order valence-corrected chi connectivity index (χ2v) is 4.18. The summed E-state index contributed by atoms with van der Waals surface area (Å²) in [6.45, 7) is 5.43. The van der Waals surface area contributed by atoms with Crippen LogP contribution in [0.3, 0.4) is 0 Å². The molecule has 0 bridgehead atoms. The van der Waals surface area contributed by atoms with Crippen LogP contribution in [0.4, 0.5) is 0 Å². The first kappa shape index (κ1) is 11.2. The smallest absolute Gasteiger partial charge is 0.306 e. The summed E-state index contributed by atoms with van der Waals surface area (Å²) < 4.78 is 0. The summed E-state index contributed by atoms with van der Waals surface area (Å²) in [6, 6.07) is 0. The van der Waals surface area contributed by atoms with Crippen LogP contribution in [0.25, 0.3) is 0 Å². The number of rotatable bonds is 3. The Bertz CT molecular complexity index is 235. The van der Waals surface area contributed by atoms with E-state index in [9.17, 15) is 9.90 Å². The SMILES string of the molecule is C=C(C)C(O)C1CCCCC1C(=O)O. The number of carboxylic acid groups (broad SMARTS) is 1. The number of hydrogen-bond donors (Lipinski definition) is 2. The van der Waals surface area contributed by atoms with Gasteiger partial charge in [-0.05, 0) is 19.8 Å². The number of carbonyl (C=O) groups is 1. The standard InChI is InChI=1S/C11H18O3/c1-7(2)10(12)8-5-3-4-6-9(8)11(13)14/h8-10,12H,1,3-6H2,2H3,(H,13,14). The average Bonchev–Trinajstić information content (AvgIpc) is 2.16. The Morgan fingerprint density at radius 2 is 2.00 bits per heavy atom. The minimum atomic E-state index is -0.782. The van der Waals surface area contributed by atoms with Crippen LogP contribution in [0.2, 0.25) is 0 Å². The normalized spacial score (nSPS) is 29.6. The molecule has 0 amide bonds. The van der Waals surface area contributed by atoms with E-state index in [1.807, 2.05) is 0 Å². The predicted octanol–water partition coefficient (Wildman–Crippen LogP) is 1.81. The molecule has 0 saturated heterocycles. The maximum atomic E-state index is 11.0. The van der Waals surface area contributed by atoms with E-state index >= 15 is 0 Å². The molecule has 3 heteroatoms. The van der Waals surface area contributed by atoms with Crippen LogP contribution >= 0.6 is 0 Å². The van der Waals surface area contributed by atoms with Crippen molar-refractivity contribution in [2.45, 2.75) is 38.7 Å². The first-order chi connectivity index (χ1) is 6.54. The van der Waals surface area contributed by atoms with E-state index in [4.69, 9.17) is 5.11 Å². The number of hydrogen-bond acceptors (Lipinski definition) is 2. The predicted molar refractivity (Wildman–Crippen MR) is 53.9 cm³/mol. The van der Waals surface area contributed by atoms with Crippen LogP contribution in [-0.2, 0) is 4.79 Å². The first-order valence-electron chi connectivity index (χ1n) is 5.10. The molecule has 1 fully saturated rings. The van der Waals surface area contributed by atoms with Gasteiger partial charge in [-0.1, -0.05) is 25.0 Å². The van der Waals surface area contributed by atoms with Crippen molar-refractivity contribution in [3.8, 4) is 0 Å². The molecule has 0 heterocycles. The van der Waals surface area contributed by atoms with Crippen molar-refractivity contribution >= 4 is 5.97 Å². The molecule has 0 aliphatic heterocycles. The Morgan fingerprint density at radius 3 is 2.50 bits per heavy atom. The molecule has 0 radical (unpaired) electrons. The van der Waals surface area contributed by atoms with Crippen molar-refractivity contribution in [2.75, 3.05) is 0 Å². The highest BCUT2D eigenvalue weighted by molar-refractivity contribution is 5.70. The van der Waals surface area contributed by atoms with Gasteiger partial charge in [-0.25, -0.2) is 0 Å². The summed E-state index contributed by atoms with van der Waals surface area (Å²) in [4.78, 5) is 11.0.